The topological polar surface area (TPSA) is 92.7 Å². The van der Waals surface area contributed by atoms with Gasteiger partial charge in [0.2, 0.25) is 10.0 Å². The maximum atomic E-state index is 12.2. The van der Waals surface area contributed by atoms with Gasteiger partial charge < -0.3 is 9.84 Å². The van der Waals surface area contributed by atoms with Gasteiger partial charge in [-0.2, -0.15) is 0 Å². The van der Waals surface area contributed by atoms with E-state index in [2.05, 4.69) is 4.72 Å². The Morgan fingerprint density at radius 1 is 1.40 bits per heavy atom. The zero-order chi connectivity index (χ0) is 15.4. The van der Waals surface area contributed by atoms with Gasteiger partial charge in [-0.05, 0) is 25.5 Å². The molecule has 1 aromatic rings. The SMILES string of the molecule is CCC(C)(CNS(=O)(=O)c1ccccc1OC)C(=O)O. The first-order valence-corrected chi connectivity index (χ1v) is 7.61. The Balaban J connectivity index is 2.99. The van der Waals surface area contributed by atoms with Crippen molar-refractivity contribution < 1.29 is 23.1 Å². The summed E-state index contributed by atoms with van der Waals surface area (Å²) in [4.78, 5) is 11.2. The van der Waals surface area contributed by atoms with Gasteiger partial charge in [-0.15, -0.1) is 0 Å². The molecule has 1 unspecified atom stereocenters. The van der Waals surface area contributed by atoms with Gasteiger partial charge in [0.05, 0.1) is 12.5 Å². The number of nitrogens with one attached hydrogen (secondary N) is 1. The van der Waals surface area contributed by atoms with Crippen LogP contribution >= 0.6 is 0 Å². The monoisotopic (exact) mass is 301 g/mol. The first-order chi connectivity index (χ1) is 9.27. The van der Waals surface area contributed by atoms with Crippen molar-refractivity contribution in [3.05, 3.63) is 24.3 Å². The number of sulfonamides is 1. The van der Waals surface area contributed by atoms with Gasteiger partial charge in [0, 0.05) is 6.54 Å². The second kappa shape index (κ2) is 6.23. The number of para-hydroxylation sites is 1. The van der Waals surface area contributed by atoms with Crippen LogP contribution in [0.3, 0.4) is 0 Å². The minimum absolute atomic E-state index is 0.00802. The predicted molar refractivity (Wildman–Crippen MR) is 74.2 cm³/mol. The standard InChI is InChI=1S/C13H19NO5S/c1-4-13(2,12(15)16)9-14-20(17,18)11-8-6-5-7-10(11)19-3/h5-8,14H,4,9H2,1-3H3,(H,15,16). The highest BCUT2D eigenvalue weighted by molar-refractivity contribution is 7.89. The summed E-state index contributed by atoms with van der Waals surface area (Å²) in [5, 5.41) is 9.14. The molecule has 0 aliphatic heterocycles. The predicted octanol–water partition coefficient (Wildman–Crippen LogP) is 1.47. The molecule has 112 valence electrons. The second-order valence-corrected chi connectivity index (χ2v) is 6.43. The summed E-state index contributed by atoms with van der Waals surface area (Å²) >= 11 is 0. The molecule has 0 amide bonds. The van der Waals surface area contributed by atoms with Crippen LogP contribution in [0.2, 0.25) is 0 Å². The number of rotatable bonds is 7. The molecule has 0 aliphatic rings. The summed E-state index contributed by atoms with van der Waals surface area (Å²) in [6, 6.07) is 6.18. The normalized spacial score (nSPS) is 14.6. The van der Waals surface area contributed by atoms with Crippen molar-refractivity contribution >= 4 is 16.0 Å². The third kappa shape index (κ3) is 3.49. The van der Waals surface area contributed by atoms with Crippen molar-refractivity contribution in [1.82, 2.24) is 4.72 Å². The average molecular weight is 301 g/mol. The van der Waals surface area contributed by atoms with Crippen molar-refractivity contribution in [2.45, 2.75) is 25.2 Å². The molecule has 0 aliphatic carbocycles. The van der Waals surface area contributed by atoms with Crippen LogP contribution in [-0.2, 0) is 14.8 Å². The molecule has 1 atom stereocenters. The van der Waals surface area contributed by atoms with Gasteiger partial charge in [0.25, 0.3) is 0 Å². The molecule has 0 bridgehead atoms. The van der Waals surface area contributed by atoms with Crippen LogP contribution in [0.5, 0.6) is 5.75 Å². The average Bonchev–Trinajstić information content (AvgIpc) is 2.44. The van der Waals surface area contributed by atoms with E-state index in [1.807, 2.05) is 0 Å². The van der Waals surface area contributed by atoms with E-state index in [-0.39, 0.29) is 17.2 Å². The second-order valence-electron chi connectivity index (χ2n) is 4.69. The summed E-state index contributed by atoms with van der Waals surface area (Å²) in [7, 11) is -2.44. The number of aliphatic carboxylic acids is 1. The van der Waals surface area contributed by atoms with Gasteiger partial charge >= 0.3 is 5.97 Å². The number of carboxylic acids is 1. The maximum absolute atomic E-state index is 12.2. The number of methoxy groups -OCH3 is 1. The molecular weight excluding hydrogens is 282 g/mol. The van der Waals surface area contributed by atoms with E-state index in [1.54, 1.807) is 19.1 Å². The Morgan fingerprint density at radius 3 is 2.50 bits per heavy atom. The Hall–Kier alpha value is -1.60. The Morgan fingerprint density at radius 2 is 2.00 bits per heavy atom. The Labute approximate surface area is 118 Å². The summed E-state index contributed by atoms with van der Waals surface area (Å²) in [5.74, 6) is -0.823. The van der Waals surface area contributed by atoms with Crippen molar-refractivity contribution in [1.29, 1.82) is 0 Å². The smallest absolute Gasteiger partial charge is 0.310 e. The van der Waals surface area contributed by atoms with Crippen LogP contribution in [0.4, 0.5) is 0 Å². The fraction of sp³-hybridized carbons (Fsp3) is 0.462. The number of carbonyl (C=O) groups is 1. The van der Waals surface area contributed by atoms with E-state index in [9.17, 15) is 13.2 Å². The zero-order valence-corrected chi connectivity index (χ0v) is 12.5. The lowest BCUT2D eigenvalue weighted by Gasteiger charge is -2.23. The highest BCUT2D eigenvalue weighted by Crippen LogP contribution is 2.25. The molecule has 0 radical (unpaired) electrons. The quantitative estimate of drug-likeness (QED) is 0.795. The molecule has 7 heteroatoms. The van der Waals surface area contributed by atoms with Crippen LogP contribution in [0, 0.1) is 5.41 Å². The van der Waals surface area contributed by atoms with Crippen LogP contribution < -0.4 is 9.46 Å². The summed E-state index contributed by atoms with van der Waals surface area (Å²) < 4.78 is 31.8. The molecule has 2 N–H and O–H groups in total. The molecule has 0 saturated heterocycles. The third-order valence-electron chi connectivity index (χ3n) is 3.31. The molecule has 0 aromatic heterocycles. The first kappa shape index (κ1) is 16.5. The van der Waals surface area contributed by atoms with E-state index in [1.165, 1.54) is 26.2 Å². The molecule has 0 spiro atoms. The minimum atomic E-state index is -3.82. The highest BCUT2D eigenvalue weighted by Gasteiger charge is 2.33. The first-order valence-electron chi connectivity index (χ1n) is 6.13. The van der Waals surface area contributed by atoms with Gasteiger partial charge in [0.15, 0.2) is 0 Å². The van der Waals surface area contributed by atoms with E-state index in [4.69, 9.17) is 9.84 Å². The number of ether oxygens (including phenoxy) is 1. The molecule has 1 aromatic carbocycles. The fourth-order valence-electron chi connectivity index (χ4n) is 1.52. The molecule has 6 nitrogen and oxygen atoms in total. The van der Waals surface area contributed by atoms with Crippen LogP contribution in [-0.4, -0.2) is 33.1 Å². The number of hydrogen-bond donors (Lipinski definition) is 2. The van der Waals surface area contributed by atoms with E-state index < -0.39 is 21.4 Å². The maximum Gasteiger partial charge on any atom is 0.310 e. The van der Waals surface area contributed by atoms with Gasteiger partial charge in [-0.25, -0.2) is 13.1 Å². The Bertz CT molecular complexity index is 584. The van der Waals surface area contributed by atoms with Gasteiger partial charge in [0.1, 0.15) is 10.6 Å². The Kier molecular flexibility index (Phi) is 5.13. The van der Waals surface area contributed by atoms with Crippen LogP contribution in [0.25, 0.3) is 0 Å². The number of benzene rings is 1. The molecule has 0 fully saturated rings. The molecular formula is C13H19NO5S. The van der Waals surface area contributed by atoms with E-state index in [0.29, 0.717) is 6.42 Å². The van der Waals surface area contributed by atoms with Crippen molar-refractivity contribution in [3.63, 3.8) is 0 Å². The van der Waals surface area contributed by atoms with E-state index in [0.717, 1.165) is 0 Å². The third-order valence-corrected chi connectivity index (χ3v) is 4.75. The minimum Gasteiger partial charge on any atom is -0.495 e. The lowest BCUT2D eigenvalue weighted by molar-refractivity contribution is -0.147. The molecule has 20 heavy (non-hydrogen) atoms. The number of carboxylic acid groups (broad SMARTS) is 1. The van der Waals surface area contributed by atoms with Crippen LogP contribution in [0.15, 0.2) is 29.2 Å². The molecule has 0 heterocycles. The highest BCUT2D eigenvalue weighted by atomic mass is 32.2. The largest absolute Gasteiger partial charge is 0.495 e. The fourth-order valence-corrected chi connectivity index (χ4v) is 2.86. The molecule has 0 saturated carbocycles. The van der Waals surface area contributed by atoms with Gasteiger partial charge in [-0.3, -0.25) is 4.79 Å². The van der Waals surface area contributed by atoms with Crippen molar-refractivity contribution in [2.75, 3.05) is 13.7 Å². The van der Waals surface area contributed by atoms with Crippen molar-refractivity contribution in [2.24, 2.45) is 5.41 Å². The summed E-state index contributed by atoms with van der Waals surface area (Å²) in [6.07, 6.45) is 0.316. The lowest BCUT2D eigenvalue weighted by atomic mass is 9.88. The van der Waals surface area contributed by atoms with Crippen molar-refractivity contribution in [3.8, 4) is 5.75 Å². The van der Waals surface area contributed by atoms with Gasteiger partial charge in [-0.1, -0.05) is 19.1 Å². The summed E-state index contributed by atoms with van der Waals surface area (Å²) in [6.45, 7) is 3.02. The number of hydrogen-bond acceptors (Lipinski definition) is 4. The summed E-state index contributed by atoms with van der Waals surface area (Å²) in [5.41, 5.74) is -1.14. The molecule has 1 rings (SSSR count). The van der Waals surface area contributed by atoms with E-state index >= 15 is 0 Å². The van der Waals surface area contributed by atoms with Crippen LogP contribution in [0.1, 0.15) is 20.3 Å². The lowest BCUT2D eigenvalue weighted by Crippen LogP contribution is -2.40. The zero-order valence-electron chi connectivity index (χ0n) is 11.7.